The maximum atomic E-state index is 12.8. The molecule has 2 aromatic rings. The number of carbonyl (C=O) groups excluding carboxylic acids is 2. The molecular weight excluding hydrogens is 430 g/mol. The Morgan fingerprint density at radius 2 is 1.72 bits per heavy atom. The van der Waals surface area contributed by atoms with Crippen LogP contribution in [0.5, 0.6) is 5.75 Å². The molecular formula is C23H27N3O5S. The molecule has 8 nitrogen and oxygen atoms in total. The number of methoxy groups -OCH3 is 1. The van der Waals surface area contributed by atoms with E-state index < -0.39 is 15.9 Å². The van der Waals surface area contributed by atoms with Gasteiger partial charge in [-0.05, 0) is 49.2 Å². The summed E-state index contributed by atoms with van der Waals surface area (Å²) in [6.07, 6.45) is 2.90. The third kappa shape index (κ3) is 4.49. The van der Waals surface area contributed by atoms with E-state index in [4.69, 9.17) is 4.74 Å². The Kier molecular flexibility index (Phi) is 6.48. The summed E-state index contributed by atoms with van der Waals surface area (Å²) in [5.74, 6) is -0.350. The number of sulfonamides is 1. The Bertz CT molecular complexity index is 1090. The van der Waals surface area contributed by atoms with Gasteiger partial charge in [-0.1, -0.05) is 18.6 Å². The average Bonchev–Trinajstić information content (AvgIpc) is 3.21. The first-order chi connectivity index (χ1) is 15.4. The standard InChI is InChI=1S/C23H27N3O5S/c1-31-21-8-4-3-7-20(21)26-16-17(15-22(26)27)23(28)24-18-9-11-19(12-10-18)32(29,30)25-13-5-2-6-14-25/h3-4,7-12,17H,2,5-6,13-16H2,1H3,(H,24,28)/t17-/m1/s1. The number of hydrogen-bond donors (Lipinski definition) is 1. The number of para-hydroxylation sites is 2. The topological polar surface area (TPSA) is 96.0 Å². The molecule has 32 heavy (non-hydrogen) atoms. The second-order valence-corrected chi connectivity index (χ2v) is 9.99. The number of rotatable bonds is 6. The van der Waals surface area contributed by atoms with Gasteiger partial charge in [0, 0.05) is 31.7 Å². The minimum Gasteiger partial charge on any atom is -0.495 e. The molecule has 0 radical (unpaired) electrons. The summed E-state index contributed by atoms with van der Waals surface area (Å²) < 4.78 is 32.4. The van der Waals surface area contributed by atoms with E-state index in [0.29, 0.717) is 30.2 Å². The molecule has 4 rings (SSSR count). The van der Waals surface area contributed by atoms with Gasteiger partial charge in [0.25, 0.3) is 0 Å². The highest BCUT2D eigenvalue weighted by molar-refractivity contribution is 7.89. The molecule has 2 aromatic carbocycles. The maximum absolute atomic E-state index is 12.8. The van der Waals surface area contributed by atoms with E-state index in [2.05, 4.69) is 5.32 Å². The first kappa shape index (κ1) is 22.3. The summed E-state index contributed by atoms with van der Waals surface area (Å²) >= 11 is 0. The molecule has 2 saturated heterocycles. The molecule has 0 aromatic heterocycles. The maximum Gasteiger partial charge on any atom is 0.243 e. The zero-order chi connectivity index (χ0) is 22.7. The van der Waals surface area contributed by atoms with Gasteiger partial charge in [-0.3, -0.25) is 9.59 Å². The Balaban J connectivity index is 1.41. The molecule has 2 aliphatic heterocycles. The van der Waals surface area contributed by atoms with Crippen molar-refractivity contribution in [2.75, 3.05) is 37.0 Å². The van der Waals surface area contributed by atoms with Crippen LogP contribution >= 0.6 is 0 Å². The molecule has 0 bridgehead atoms. The summed E-state index contributed by atoms with van der Waals surface area (Å²) in [6.45, 7) is 1.34. The van der Waals surface area contributed by atoms with Gasteiger partial charge < -0.3 is 15.0 Å². The molecule has 2 amide bonds. The third-order valence-electron chi connectivity index (χ3n) is 5.95. The van der Waals surface area contributed by atoms with Crippen molar-refractivity contribution >= 4 is 33.2 Å². The molecule has 0 unspecified atom stereocenters. The zero-order valence-corrected chi connectivity index (χ0v) is 18.8. The number of piperidine rings is 1. The number of benzene rings is 2. The number of nitrogens with one attached hydrogen (secondary N) is 1. The normalized spacial score (nSPS) is 19.7. The van der Waals surface area contributed by atoms with Gasteiger partial charge in [-0.15, -0.1) is 0 Å². The van der Waals surface area contributed by atoms with Gasteiger partial charge >= 0.3 is 0 Å². The van der Waals surface area contributed by atoms with E-state index in [9.17, 15) is 18.0 Å². The first-order valence-electron chi connectivity index (χ1n) is 10.7. The summed E-state index contributed by atoms with van der Waals surface area (Å²) in [5.41, 5.74) is 1.14. The lowest BCUT2D eigenvalue weighted by atomic mass is 10.1. The van der Waals surface area contributed by atoms with Gasteiger partial charge in [0.15, 0.2) is 0 Å². The van der Waals surface area contributed by atoms with Gasteiger partial charge in [0.05, 0.1) is 23.6 Å². The second-order valence-electron chi connectivity index (χ2n) is 8.06. The molecule has 2 heterocycles. The van der Waals surface area contributed by atoms with Crippen molar-refractivity contribution in [2.45, 2.75) is 30.6 Å². The third-order valence-corrected chi connectivity index (χ3v) is 7.86. The summed E-state index contributed by atoms with van der Waals surface area (Å²) in [7, 11) is -1.98. The smallest absolute Gasteiger partial charge is 0.243 e. The van der Waals surface area contributed by atoms with Crippen LogP contribution in [0.4, 0.5) is 11.4 Å². The van der Waals surface area contributed by atoms with Crippen LogP contribution in [-0.4, -0.2) is 51.3 Å². The lowest BCUT2D eigenvalue weighted by molar-refractivity contribution is -0.122. The van der Waals surface area contributed by atoms with Gasteiger partial charge in [-0.25, -0.2) is 8.42 Å². The van der Waals surface area contributed by atoms with Crippen LogP contribution in [0.1, 0.15) is 25.7 Å². The fourth-order valence-electron chi connectivity index (χ4n) is 4.18. The molecule has 170 valence electrons. The Labute approximate surface area is 188 Å². The largest absolute Gasteiger partial charge is 0.495 e. The van der Waals surface area contributed by atoms with Crippen LogP contribution in [0.3, 0.4) is 0 Å². The fourth-order valence-corrected chi connectivity index (χ4v) is 5.69. The van der Waals surface area contributed by atoms with Crippen molar-refractivity contribution in [2.24, 2.45) is 5.92 Å². The summed E-state index contributed by atoms with van der Waals surface area (Å²) in [6, 6.07) is 13.4. The Hall–Kier alpha value is -2.91. The number of hydrogen-bond acceptors (Lipinski definition) is 5. The van der Waals surface area contributed by atoms with Crippen molar-refractivity contribution in [1.29, 1.82) is 0 Å². The van der Waals surface area contributed by atoms with Crippen LogP contribution in [-0.2, 0) is 19.6 Å². The molecule has 0 spiro atoms. The van der Waals surface area contributed by atoms with E-state index in [1.807, 2.05) is 12.1 Å². The number of carbonyl (C=O) groups is 2. The van der Waals surface area contributed by atoms with Crippen LogP contribution in [0.25, 0.3) is 0 Å². The molecule has 2 aliphatic rings. The lowest BCUT2D eigenvalue weighted by Gasteiger charge is -2.25. The minimum atomic E-state index is -3.52. The monoisotopic (exact) mass is 457 g/mol. The highest BCUT2D eigenvalue weighted by atomic mass is 32.2. The van der Waals surface area contributed by atoms with E-state index >= 15 is 0 Å². The Morgan fingerprint density at radius 3 is 2.41 bits per heavy atom. The van der Waals surface area contributed by atoms with Crippen molar-refractivity contribution in [3.05, 3.63) is 48.5 Å². The summed E-state index contributed by atoms with van der Waals surface area (Å²) in [5, 5.41) is 2.81. The number of amides is 2. The van der Waals surface area contributed by atoms with Crippen LogP contribution in [0.2, 0.25) is 0 Å². The highest BCUT2D eigenvalue weighted by Crippen LogP contribution is 2.33. The van der Waals surface area contributed by atoms with Crippen LogP contribution < -0.4 is 15.0 Å². The van der Waals surface area contributed by atoms with Crippen molar-refractivity contribution in [3.8, 4) is 5.75 Å². The fraction of sp³-hybridized carbons (Fsp3) is 0.391. The molecule has 9 heteroatoms. The van der Waals surface area contributed by atoms with Crippen molar-refractivity contribution in [3.63, 3.8) is 0 Å². The van der Waals surface area contributed by atoms with Crippen LogP contribution in [0.15, 0.2) is 53.4 Å². The number of nitrogens with zero attached hydrogens (tertiary/aromatic N) is 2. The molecule has 1 N–H and O–H groups in total. The minimum absolute atomic E-state index is 0.102. The van der Waals surface area contributed by atoms with Gasteiger partial charge in [-0.2, -0.15) is 4.31 Å². The van der Waals surface area contributed by atoms with Crippen LogP contribution in [0, 0.1) is 5.92 Å². The molecule has 2 fully saturated rings. The second kappa shape index (κ2) is 9.30. The molecule has 0 saturated carbocycles. The number of anilines is 2. The van der Waals surface area contributed by atoms with Crippen molar-refractivity contribution < 1.29 is 22.7 Å². The van der Waals surface area contributed by atoms with Gasteiger partial charge in [0.1, 0.15) is 5.75 Å². The molecule has 0 aliphatic carbocycles. The molecule has 1 atom stereocenters. The predicted molar refractivity (Wildman–Crippen MR) is 121 cm³/mol. The first-order valence-corrected chi connectivity index (χ1v) is 12.2. The van der Waals surface area contributed by atoms with E-state index in [0.717, 1.165) is 19.3 Å². The Morgan fingerprint density at radius 1 is 1.03 bits per heavy atom. The zero-order valence-electron chi connectivity index (χ0n) is 18.0. The number of ether oxygens (including phenoxy) is 1. The SMILES string of the molecule is COc1ccccc1N1C[C@H](C(=O)Nc2ccc(S(=O)(=O)N3CCCCC3)cc2)CC1=O. The van der Waals surface area contributed by atoms with E-state index in [1.165, 1.54) is 16.4 Å². The van der Waals surface area contributed by atoms with Gasteiger partial charge in [0.2, 0.25) is 21.8 Å². The quantitative estimate of drug-likeness (QED) is 0.720. The lowest BCUT2D eigenvalue weighted by Crippen LogP contribution is -2.35. The van der Waals surface area contributed by atoms with E-state index in [1.54, 1.807) is 36.3 Å². The summed E-state index contributed by atoms with van der Waals surface area (Å²) in [4.78, 5) is 27.1. The predicted octanol–water partition coefficient (Wildman–Crippen LogP) is 2.86. The highest BCUT2D eigenvalue weighted by Gasteiger charge is 2.36. The van der Waals surface area contributed by atoms with Crippen molar-refractivity contribution in [1.82, 2.24) is 4.31 Å². The average molecular weight is 458 g/mol. The van der Waals surface area contributed by atoms with E-state index in [-0.39, 0.29) is 29.7 Å².